The van der Waals surface area contributed by atoms with Crippen LogP contribution in [0.2, 0.25) is 0 Å². The summed E-state index contributed by atoms with van der Waals surface area (Å²) in [6.45, 7) is -0.219. The molecule has 0 spiro atoms. The maximum absolute atomic E-state index is 11.7. The fourth-order valence-corrected chi connectivity index (χ4v) is 3.55. The zero-order chi connectivity index (χ0) is 15.1. The van der Waals surface area contributed by atoms with Gasteiger partial charge in [0.15, 0.2) is 11.2 Å². The first-order valence-corrected chi connectivity index (χ1v) is 7.94. The number of H-pyrrole nitrogens is 1. The molecule has 1 saturated heterocycles. The third-order valence-corrected chi connectivity index (χ3v) is 4.90. The van der Waals surface area contributed by atoms with Crippen molar-refractivity contribution < 1.29 is 14.1 Å². The summed E-state index contributed by atoms with van der Waals surface area (Å²) in [5.41, 5.74) is 5.58. The summed E-state index contributed by atoms with van der Waals surface area (Å²) in [5, 5.41) is 9.05. The van der Waals surface area contributed by atoms with Gasteiger partial charge in [0.1, 0.15) is 6.23 Å². The van der Waals surface area contributed by atoms with Gasteiger partial charge in [-0.2, -0.15) is 4.98 Å². The van der Waals surface area contributed by atoms with E-state index < -0.39 is 28.7 Å². The molecule has 3 heterocycles. The molecule has 1 unspecified atom stereocenters. The van der Waals surface area contributed by atoms with Gasteiger partial charge in [-0.3, -0.25) is 18.6 Å². The number of aromatic nitrogens is 4. The van der Waals surface area contributed by atoms with Gasteiger partial charge in [0.25, 0.3) is 5.56 Å². The summed E-state index contributed by atoms with van der Waals surface area (Å²) in [6, 6.07) is 0. The average molecular weight is 313 g/mol. The largest absolute Gasteiger partial charge is 0.394 e. The molecule has 1 aliphatic rings. The van der Waals surface area contributed by atoms with Gasteiger partial charge in [-0.25, -0.2) is 4.98 Å². The van der Waals surface area contributed by atoms with E-state index in [9.17, 15) is 14.1 Å². The fraction of sp³-hybridized carbons (Fsp3) is 0.545. The number of nitrogen functional groups attached to an aromatic ring is 1. The molecule has 4 N–H and O–H groups in total. The van der Waals surface area contributed by atoms with Gasteiger partial charge in [-0.15, -0.1) is 0 Å². The minimum Gasteiger partial charge on any atom is -0.394 e. The molecule has 2 aromatic heterocycles. The molecular formula is C11H15N5O4S. The van der Waals surface area contributed by atoms with E-state index in [1.54, 1.807) is 10.8 Å². The van der Waals surface area contributed by atoms with E-state index in [2.05, 4.69) is 15.0 Å². The third-order valence-electron chi connectivity index (χ3n) is 3.55. The number of hydrogen-bond donors (Lipinski definition) is 3. The smallest absolute Gasteiger partial charge is 0.280 e. The average Bonchev–Trinajstić information content (AvgIpc) is 3.01. The monoisotopic (exact) mass is 313 g/mol. The first kappa shape index (κ1) is 14.2. The summed E-state index contributed by atoms with van der Waals surface area (Å²) in [7, 11) is -1.13. The van der Waals surface area contributed by atoms with Crippen molar-refractivity contribution in [2.45, 2.75) is 24.0 Å². The molecule has 114 valence electrons. The number of fused-ring (bicyclic) bond motifs is 1. The Balaban J connectivity index is 2.02. The van der Waals surface area contributed by atoms with Crippen molar-refractivity contribution in [1.29, 1.82) is 0 Å². The summed E-state index contributed by atoms with van der Waals surface area (Å²) in [6.07, 6.45) is 2.44. The number of aromatic amines is 1. The molecule has 0 aliphatic carbocycles. The number of nitrogens with zero attached hydrogens (tertiary/aromatic N) is 3. The highest BCUT2D eigenvalue weighted by Crippen LogP contribution is 2.32. The number of aliphatic hydroxyl groups excluding tert-OH is 1. The summed E-state index contributed by atoms with van der Waals surface area (Å²) in [4.78, 5) is 22.2. The highest BCUT2D eigenvalue weighted by Gasteiger charge is 2.38. The van der Waals surface area contributed by atoms with E-state index in [0.29, 0.717) is 12.1 Å². The number of hydrogen-bond acceptors (Lipinski definition) is 7. The second-order valence-corrected chi connectivity index (χ2v) is 6.46. The highest BCUT2D eigenvalue weighted by atomic mass is 32.2. The predicted molar refractivity (Wildman–Crippen MR) is 76.0 cm³/mol. The molecule has 0 radical (unpaired) electrons. The van der Waals surface area contributed by atoms with E-state index >= 15 is 0 Å². The van der Waals surface area contributed by atoms with Crippen LogP contribution in [0.4, 0.5) is 5.95 Å². The quantitative estimate of drug-likeness (QED) is 0.642. The Labute approximate surface area is 121 Å². The van der Waals surface area contributed by atoms with Crippen LogP contribution in [-0.4, -0.2) is 53.1 Å². The highest BCUT2D eigenvalue weighted by molar-refractivity contribution is 7.85. The van der Waals surface area contributed by atoms with Crippen molar-refractivity contribution in [3.05, 3.63) is 16.7 Å². The number of nitrogens with one attached hydrogen (secondary N) is 1. The number of anilines is 1. The standard InChI is InChI=1S/C11H15N5O4S/c1-21(19)6-2-7(20-5(6)3-17)16-4-13-8-9(16)14-11(12)15-10(8)18/h4-7,17H,2-3H2,1H3,(H3,12,14,15,18)/t5-,6+,7-,21?/m1/s1. The van der Waals surface area contributed by atoms with E-state index in [1.807, 2.05) is 0 Å². The van der Waals surface area contributed by atoms with Gasteiger partial charge in [-0.05, 0) is 0 Å². The lowest BCUT2D eigenvalue weighted by Crippen LogP contribution is -2.28. The Morgan fingerprint density at radius 1 is 1.67 bits per heavy atom. The Morgan fingerprint density at radius 3 is 3.05 bits per heavy atom. The molecule has 3 rings (SSSR count). The van der Waals surface area contributed by atoms with Gasteiger partial charge in [-0.1, -0.05) is 0 Å². The Morgan fingerprint density at radius 2 is 2.43 bits per heavy atom. The van der Waals surface area contributed by atoms with Crippen molar-refractivity contribution in [1.82, 2.24) is 19.5 Å². The lowest BCUT2D eigenvalue weighted by Gasteiger charge is -2.14. The zero-order valence-electron chi connectivity index (χ0n) is 11.2. The van der Waals surface area contributed by atoms with Crippen molar-refractivity contribution in [3.8, 4) is 0 Å². The maximum atomic E-state index is 11.7. The van der Waals surface area contributed by atoms with Crippen molar-refractivity contribution in [2.24, 2.45) is 0 Å². The van der Waals surface area contributed by atoms with Gasteiger partial charge in [0.05, 0.1) is 24.3 Å². The second-order valence-electron chi connectivity index (χ2n) is 4.86. The molecule has 1 fully saturated rings. The third kappa shape index (κ3) is 2.34. The zero-order valence-corrected chi connectivity index (χ0v) is 12.0. The van der Waals surface area contributed by atoms with E-state index in [-0.39, 0.29) is 23.3 Å². The number of imidazole rings is 1. The number of aliphatic hydroxyl groups is 1. The Bertz CT molecular complexity index is 757. The molecule has 9 nitrogen and oxygen atoms in total. The summed E-state index contributed by atoms with van der Waals surface area (Å²) >= 11 is 0. The number of ether oxygens (including phenoxy) is 1. The van der Waals surface area contributed by atoms with Gasteiger partial charge in [0, 0.05) is 23.5 Å². The van der Waals surface area contributed by atoms with E-state index in [1.165, 1.54) is 6.33 Å². The van der Waals surface area contributed by atoms with Crippen molar-refractivity contribution in [2.75, 3.05) is 18.6 Å². The van der Waals surface area contributed by atoms with Crippen LogP contribution in [0, 0.1) is 0 Å². The lowest BCUT2D eigenvalue weighted by atomic mass is 10.2. The Hall–Kier alpha value is -1.78. The summed E-state index contributed by atoms with van der Waals surface area (Å²) < 4.78 is 19.0. The molecule has 0 amide bonds. The van der Waals surface area contributed by atoms with Crippen LogP contribution >= 0.6 is 0 Å². The van der Waals surface area contributed by atoms with Gasteiger partial charge < -0.3 is 15.6 Å². The minimum absolute atomic E-state index is 0.0124. The molecule has 0 aromatic carbocycles. The first-order valence-electron chi connectivity index (χ1n) is 6.32. The minimum atomic E-state index is -1.13. The molecule has 2 aromatic rings. The van der Waals surface area contributed by atoms with Gasteiger partial charge >= 0.3 is 0 Å². The van der Waals surface area contributed by atoms with Crippen LogP contribution in [0.3, 0.4) is 0 Å². The van der Waals surface area contributed by atoms with Crippen LogP contribution in [0.25, 0.3) is 11.2 Å². The maximum Gasteiger partial charge on any atom is 0.280 e. The molecule has 0 bridgehead atoms. The lowest BCUT2D eigenvalue weighted by molar-refractivity contribution is -0.0199. The second kappa shape index (κ2) is 5.20. The van der Waals surface area contributed by atoms with Crippen LogP contribution in [0.5, 0.6) is 0 Å². The predicted octanol–water partition coefficient (Wildman–Crippen LogP) is -1.27. The molecule has 21 heavy (non-hydrogen) atoms. The summed E-state index contributed by atoms with van der Waals surface area (Å²) in [5.74, 6) is -0.0124. The Kier molecular flexibility index (Phi) is 3.51. The van der Waals surface area contributed by atoms with Crippen LogP contribution in [0.15, 0.2) is 11.1 Å². The molecule has 4 atom stereocenters. The SMILES string of the molecule is CS(=O)[C@H]1C[C@H](n2cnc3c(=O)[nH]c(N)nc32)O[C@@H]1CO. The normalized spacial score (nSPS) is 27.2. The van der Waals surface area contributed by atoms with Crippen LogP contribution in [-0.2, 0) is 15.5 Å². The van der Waals surface area contributed by atoms with Crippen LogP contribution < -0.4 is 11.3 Å². The van der Waals surface area contributed by atoms with Crippen molar-refractivity contribution in [3.63, 3.8) is 0 Å². The number of rotatable bonds is 3. The molecular weight excluding hydrogens is 298 g/mol. The molecule has 10 heteroatoms. The number of nitrogens with two attached hydrogens (primary N) is 1. The van der Waals surface area contributed by atoms with Crippen molar-refractivity contribution >= 4 is 27.9 Å². The van der Waals surface area contributed by atoms with Gasteiger partial charge in [0.2, 0.25) is 5.95 Å². The molecule has 0 saturated carbocycles. The van der Waals surface area contributed by atoms with E-state index in [4.69, 9.17) is 10.5 Å². The molecule has 1 aliphatic heterocycles. The van der Waals surface area contributed by atoms with Crippen LogP contribution in [0.1, 0.15) is 12.6 Å². The fourth-order valence-electron chi connectivity index (χ4n) is 2.54. The topological polar surface area (TPSA) is 136 Å². The van der Waals surface area contributed by atoms with E-state index in [0.717, 1.165) is 0 Å². The first-order chi connectivity index (χ1) is 10.0.